The van der Waals surface area contributed by atoms with E-state index in [1.165, 1.54) is 11.3 Å². The molecule has 1 saturated heterocycles. The maximum absolute atomic E-state index is 5.60. The first-order valence-corrected chi connectivity index (χ1v) is 14.6. The van der Waals surface area contributed by atoms with E-state index in [0.29, 0.717) is 23.5 Å². The molecule has 40 heavy (non-hydrogen) atoms. The van der Waals surface area contributed by atoms with Gasteiger partial charge in [0.1, 0.15) is 5.82 Å². The van der Waals surface area contributed by atoms with Crippen molar-refractivity contribution < 1.29 is 9.47 Å². The van der Waals surface area contributed by atoms with Crippen molar-refractivity contribution in [3.63, 3.8) is 0 Å². The van der Waals surface area contributed by atoms with Crippen LogP contribution in [0.25, 0.3) is 10.9 Å². The molecule has 0 spiro atoms. The average molecular weight is 550 g/mol. The molecule has 1 aromatic heterocycles. The number of benzene rings is 2. The van der Waals surface area contributed by atoms with E-state index >= 15 is 0 Å². The van der Waals surface area contributed by atoms with Gasteiger partial charge in [0, 0.05) is 63.5 Å². The largest absolute Gasteiger partial charge is 0.493 e. The molecular weight excluding hydrogens is 502 g/mol. The Morgan fingerprint density at radius 1 is 0.975 bits per heavy atom. The van der Waals surface area contributed by atoms with Gasteiger partial charge in [-0.3, -0.25) is 4.90 Å². The van der Waals surface area contributed by atoms with Crippen LogP contribution in [0, 0.1) is 0 Å². The number of hydrogen-bond donors (Lipinski definition) is 2. The molecule has 218 valence electrons. The number of ether oxygens (including phenoxy) is 2. The lowest BCUT2D eigenvalue weighted by atomic mass is 10.0. The summed E-state index contributed by atoms with van der Waals surface area (Å²) in [5, 5.41) is 8.16. The number of nitrogens with zero attached hydrogens (tertiary/aromatic N) is 5. The Hall–Kier alpha value is -3.30. The molecule has 2 aromatic carbocycles. The lowest BCUT2D eigenvalue weighted by molar-refractivity contribution is 0.211. The zero-order valence-corrected chi connectivity index (χ0v) is 25.2. The maximum atomic E-state index is 5.60. The van der Waals surface area contributed by atoms with Crippen molar-refractivity contribution in [2.24, 2.45) is 0 Å². The van der Waals surface area contributed by atoms with Crippen molar-refractivity contribution >= 4 is 28.4 Å². The van der Waals surface area contributed by atoms with Gasteiger partial charge in [0.05, 0.1) is 19.7 Å². The lowest BCUT2D eigenvalue weighted by Crippen LogP contribution is -2.38. The van der Waals surface area contributed by atoms with E-state index in [4.69, 9.17) is 19.4 Å². The standard InChI is InChI=1S/C31H47N7O2/c1-7-37(8-2)16-10-15-32-31-34-27-21-29(40-6)28(39-5)20-26(27)30(35-31)33-24-13-17-38(18-14-24)22-23-11-9-12-25(19-23)36(3)4/h9,11-12,19-21,24H,7-8,10,13-18,22H2,1-6H3,(H2,32,33,34,35). The zero-order valence-electron chi connectivity index (χ0n) is 25.2. The first kappa shape index (κ1) is 29.7. The zero-order chi connectivity index (χ0) is 28.5. The molecule has 0 saturated carbocycles. The van der Waals surface area contributed by atoms with Crippen LogP contribution in [0.1, 0.15) is 38.7 Å². The highest BCUT2D eigenvalue weighted by molar-refractivity contribution is 5.92. The molecule has 2 N–H and O–H groups in total. The van der Waals surface area contributed by atoms with E-state index in [1.54, 1.807) is 14.2 Å². The topological polar surface area (TPSA) is 78.0 Å². The highest BCUT2D eigenvalue weighted by Crippen LogP contribution is 2.35. The highest BCUT2D eigenvalue weighted by Gasteiger charge is 2.22. The second kappa shape index (κ2) is 14.4. The predicted octanol–water partition coefficient (Wildman–Crippen LogP) is 4.93. The summed E-state index contributed by atoms with van der Waals surface area (Å²) in [6.07, 6.45) is 3.14. The number of likely N-dealkylation sites (tertiary alicyclic amines) is 1. The van der Waals surface area contributed by atoms with Crippen LogP contribution in [0.5, 0.6) is 11.5 Å². The van der Waals surface area contributed by atoms with Gasteiger partial charge in [-0.05, 0) is 62.7 Å². The van der Waals surface area contributed by atoms with Gasteiger partial charge in [-0.1, -0.05) is 26.0 Å². The summed E-state index contributed by atoms with van der Waals surface area (Å²) in [7, 11) is 7.49. The lowest BCUT2D eigenvalue weighted by Gasteiger charge is -2.33. The molecule has 3 aromatic rings. The van der Waals surface area contributed by atoms with Crippen molar-refractivity contribution in [3.8, 4) is 11.5 Å². The van der Waals surface area contributed by atoms with Gasteiger partial charge in [-0.2, -0.15) is 4.98 Å². The van der Waals surface area contributed by atoms with Crippen LogP contribution < -0.4 is 25.0 Å². The minimum absolute atomic E-state index is 0.339. The van der Waals surface area contributed by atoms with Crippen molar-refractivity contribution in [2.45, 2.75) is 45.7 Å². The van der Waals surface area contributed by atoms with Crippen LogP contribution in [0.4, 0.5) is 17.5 Å². The number of rotatable bonds is 14. The summed E-state index contributed by atoms with van der Waals surface area (Å²) in [6.45, 7) is 11.5. The molecular formula is C31H47N7O2. The summed E-state index contributed by atoms with van der Waals surface area (Å²) in [5.74, 6) is 2.82. The third kappa shape index (κ3) is 7.67. The molecule has 0 amide bonds. The molecule has 0 aliphatic carbocycles. The van der Waals surface area contributed by atoms with Crippen LogP contribution in [0.3, 0.4) is 0 Å². The third-order valence-electron chi connectivity index (χ3n) is 7.79. The number of anilines is 3. The molecule has 1 fully saturated rings. The van der Waals surface area contributed by atoms with Gasteiger partial charge < -0.3 is 29.9 Å². The molecule has 9 nitrogen and oxygen atoms in total. The number of methoxy groups -OCH3 is 2. The van der Waals surface area contributed by atoms with Crippen LogP contribution in [-0.4, -0.2) is 93.4 Å². The number of fused-ring (bicyclic) bond motifs is 1. The second-order valence-electron chi connectivity index (χ2n) is 10.7. The first-order valence-electron chi connectivity index (χ1n) is 14.6. The SMILES string of the molecule is CCN(CC)CCCNc1nc(NC2CCN(Cc3cccc(N(C)C)c3)CC2)c2cc(OC)c(OC)cc2n1. The molecule has 1 aliphatic heterocycles. The van der Waals surface area contributed by atoms with Crippen LogP contribution in [-0.2, 0) is 6.54 Å². The van der Waals surface area contributed by atoms with Crippen molar-refractivity contribution in [3.05, 3.63) is 42.0 Å². The van der Waals surface area contributed by atoms with E-state index in [-0.39, 0.29) is 0 Å². The predicted molar refractivity (Wildman–Crippen MR) is 166 cm³/mol. The summed E-state index contributed by atoms with van der Waals surface area (Å²) in [5.41, 5.74) is 3.44. The number of aromatic nitrogens is 2. The minimum Gasteiger partial charge on any atom is -0.493 e. The van der Waals surface area contributed by atoms with Crippen molar-refractivity contribution in [1.29, 1.82) is 0 Å². The molecule has 4 rings (SSSR count). The van der Waals surface area contributed by atoms with Gasteiger partial charge in [-0.15, -0.1) is 0 Å². The monoisotopic (exact) mass is 549 g/mol. The highest BCUT2D eigenvalue weighted by atomic mass is 16.5. The number of piperidine rings is 1. The summed E-state index contributed by atoms with van der Waals surface area (Å²) in [6, 6.07) is 13.1. The van der Waals surface area contributed by atoms with Crippen LogP contribution in [0.15, 0.2) is 36.4 Å². The molecule has 0 unspecified atom stereocenters. The summed E-state index contributed by atoms with van der Waals surface area (Å²) in [4.78, 5) is 16.9. The van der Waals surface area contributed by atoms with Gasteiger partial charge in [0.15, 0.2) is 11.5 Å². The van der Waals surface area contributed by atoms with Gasteiger partial charge in [0.2, 0.25) is 5.95 Å². The van der Waals surface area contributed by atoms with Gasteiger partial charge in [0.25, 0.3) is 0 Å². The quantitative estimate of drug-likeness (QED) is 0.272. The Morgan fingerprint density at radius 3 is 2.38 bits per heavy atom. The Kier molecular flexibility index (Phi) is 10.7. The fourth-order valence-electron chi connectivity index (χ4n) is 5.31. The molecule has 0 atom stereocenters. The summed E-state index contributed by atoms with van der Waals surface area (Å²) < 4.78 is 11.2. The molecule has 0 bridgehead atoms. The molecule has 0 radical (unpaired) electrons. The molecule has 2 heterocycles. The fraction of sp³-hybridized carbons (Fsp3) is 0.548. The van der Waals surface area contributed by atoms with E-state index in [1.807, 2.05) is 12.1 Å². The van der Waals surface area contributed by atoms with E-state index in [2.05, 4.69) is 77.5 Å². The smallest absolute Gasteiger partial charge is 0.225 e. The maximum Gasteiger partial charge on any atom is 0.225 e. The second-order valence-corrected chi connectivity index (χ2v) is 10.7. The van der Waals surface area contributed by atoms with Crippen LogP contribution >= 0.6 is 0 Å². The fourth-order valence-corrected chi connectivity index (χ4v) is 5.31. The van der Waals surface area contributed by atoms with Crippen molar-refractivity contribution in [1.82, 2.24) is 19.8 Å². The van der Waals surface area contributed by atoms with E-state index < -0.39 is 0 Å². The van der Waals surface area contributed by atoms with Crippen molar-refractivity contribution in [2.75, 3.05) is 83.1 Å². The Bertz CT molecular complexity index is 1220. The van der Waals surface area contributed by atoms with Gasteiger partial charge >= 0.3 is 0 Å². The average Bonchev–Trinajstić information content (AvgIpc) is 2.97. The van der Waals surface area contributed by atoms with Crippen LogP contribution in [0.2, 0.25) is 0 Å². The van der Waals surface area contributed by atoms with E-state index in [9.17, 15) is 0 Å². The van der Waals surface area contributed by atoms with E-state index in [0.717, 1.165) is 81.8 Å². The van der Waals surface area contributed by atoms with Gasteiger partial charge in [-0.25, -0.2) is 4.98 Å². The Morgan fingerprint density at radius 2 is 1.70 bits per heavy atom. The molecule has 1 aliphatic rings. The Balaban J connectivity index is 1.45. The number of nitrogens with one attached hydrogen (secondary N) is 2. The molecule has 9 heteroatoms. The number of hydrogen-bond acceptors (Lipinski definition) is 9. The Labute approximate surface area is 239 Å². The summed E-state index contributed by atoms with van der Waals surface area (Å²) >= 11 is 0. The third-order valence-corrected chi connectivity index (χ3v) is 7.79. The first-order chi connectivity index (χ1) is 19.4. The minimum atomic E-state index is 0.339. The normalized spacial score (nSPS) is 14.5.